The van der Waals surface area contributed by atoms with E-state index >= 15 is 0 Å². The van der Waals surface area contributed by atoms with Crippen molar-refractivity contribution in [3.05, 3.63) is 36.4 Å². The lowest BCUT2D eigenvalue weighted by molar-refractivity contribution is 0.515. The van der Waals surface area contributed by atoms with Crippen LogP contribution in [0.5, 0.6) is 0 Å². The monoisotopic (exact) mass is 299 g/mol. The number of anilines is 1. The Labute approximate surface area is 130 Å². The predicted molar refractivity (Wildman–Crippen MR) is 89.7 cm³/mol. The molecule has 0 amide bonds. The van der Waals surface area contributed by atoms with Gasteiger partial charge in [-0.3, -0.25) is 0 Å². The molecule has 1 saturated carbocycles. The molecule has 0 radical (unpaired) electrons. The van der Waals surface area contributed by atoms with Crippen LogP contribution in [-0.2, 0) is 0 Å². The van der Waals surface area contributed by atoms with E-state index in [4.69, 9.17) is 4.98 Å². The van der Waals surface area contributed by atoms with Gasteiger partial charge < -0.3 is 5.32 Å². The highest BCUT2D eigenvalue weighted by molar-refractivity contribution is 7.99. The average Bonchev–Trinajstić information content (AvgIpc) is 2.56. The molecule has 0 atom stereocenters. The highest BCUT2D eigenvalue weighted by Crippen LogP contribution is 2.34. The summed E-state index contributed by atoms with van der Waals surface area (Å²) in [6.45, 7) is 0. The third-order valence-electron chi connectivity index (χ3n) is 3.83. The summed E-state index contributed by atoms with van der Waals surface area (Å²) in [4.78, 5) is 9.34. The zero-order valence-corrected chi connectivity index (χ0v) is 13.2. The fourth-order valence-corrected chi connectivity index (χ4v) is 3.91. The van der Waals surface area contributed by atoms with Crippen LogP contribution in [0, 0.1) is 0 Å². The standard InChI is InChI=1S/C17H21N3S/c1-18-15-12-16(21-14-10-6-3-7-11-14)20-17(19-15)13-8-4-2-5-9-13/h2,4-5,8-9,12,14H,3,6-7,10-11H2,1H3,(H,18,19,20). The topological polar surface area (TPSA) is 37.8 Å². The maximum Gasteiger partial charge on any atom is 0.162 e. The SMILES string of the molecule is CNc1cc(SC2CCCCC2)nc(-c2ccccc2)n1. The van der Waals surface area contributed by atoms with Crippen LogP contribution >= 0.6 is 11.8 Å². The van der Waals surface area contributed by atoms with Gasteiger partial charge in [-0.2, -0.15) is 0 Å². The van der Waals surface area contributed by atoms with Crippen molar-refractivity contribution in [1.82, 2.24) is 9.97 Å². The van der Waals surface area contributed by atoms with E-state index in [2.05, 4.69) is 28.5 Å². The van der Waals surface area contributed by atoms with E-state index in [1.54, 1.807) is 0 Å². The van der Waals surface area contributed by atoms with Crippen molar-refractivity contribution in [2.75, 3.05) is 12.4 Å². The van der Waals surface area contributed by atoms with Gasteiger partial charge in [-0.1, -0.05) is 49.6 Å². The summed E-state index contributed by atoms with van der Waals surface area (Å²) >= 11 is 1.91. The molecule has 1 heterocycles. The molecular formula is C17H21N3S. The summed E-state index contributed by atoms with van der Waals surface area (Å²) in [5, 5.41) is 4.94. The van der Waals surface area contributed by atoms with Gasteiger partial charge in [-0.15, -0.1) is 11.8 Å². The first kappa shape index (κ1) is 14.4. The van der Waals surface area contributed by atoms with E-state index < -0.39 is 0 Å². The van der Waals surface area contributed by atoms with Crippen LogP contribution in [0.4, 0.5) is 5.82 Å². The fraction of sp³-hybridized carbons (Fsp3) is 0.412. The minimum atomic E-state index is 0.710. The molecule has 0 unspecified atom stereocenters. The van der Waals surface area contributed by atoms with E-state index in [9.17, 15) is 0 Å². The van der Waals surface area contributed by atoms with Crippen LogP contribution in [0.1, 0.15) is 32.1 Å². The van der Waals surface area contributed by atoms with Gasteiger partial charge in [-0.05, 0) is 12.8 Å². The van der Waals surface area contributed by atoms with Crippen molar-refractivity contribution in [3.63, 3.8) is 0 Å². The molecule has 1 aromatic heterocycles. The minimum Gasteiger partial charge on any atom is -0.373 e. The second kappa shape index (κ2) is 6.94. The largest absolute Gasteiger partial charge is 0.373 e. The molecule has 0 saturated heterocycles. The van der Waals surface area contributed by atoms with Crippen molar-refractivity contribution in [1.29, 1.82) is 0 Å². The van der Waals surface area contributed by atoms with Gasteiger partial charge in [0.25, 0.3) is 0 Å². The minimum absolute atomic E-state index is 0.710. The molecule has 1 fully saturated rings. The van der Waals surface area contributed by atoms with Gasteiger partial charge in [0.05, 0.1) is 0 Å². The Morgan fingerprint density at radius 1 is 1.05 bits per heavy atom. The number of benzene rings is 1. The summed E-state index contributed by atoms with van der Waals surface area (Å²) in [7, 11) is 1.91. The number of hydrogen-bond acceptors (Lipinski definition) is 4. The fourth-order valence-electron chi connectivity index (χ4n) is 2.68. The molecular weight excluding hydrogens is 278 g/mol. The maximum atomic E-state index is 4.76. The predicted octanol–water partition coefficient (Wildman–Crippen LogP) is 4.61. The smallest absolute Gasteiger partial charge is 0.162 e. The maximum absolute atomic E-state index is 4.76. The Balaban J connectivity index is 1.86. The zero-order chi connectivity index (χ0) is 14.5. The molecule has 0 spiro atoms. The van der Waals surface area contributed by atoms with E-state index in [0.29, 0.717) is 5.25 Å². The lowest BCUT2D eigenvalue weighted by atomic mass is 10.0. The molecule has 0 bridgehead atoms. The second-order valence-corrected chi connectivity index (χ2v) is 6.73. The number of hydrogen-bond donors (Lipinski definition) is 1. The molecule has 1 aromatic carbocycles. The summed E-state index contributed by atoms with van der Waals surface area (Å²) in [5.74, 6) is 1.70. The summed E-state index contributed by atoms with van der Waals surface area (Å²) in [6.07, 6.45) is 6.71. The molecule has 3 nitrogen and oxygen atoms in total. The summed E-state index contributed by atoms with van der Waals surface area (Å²) in [5.41, 5.74) is 1.07. The van der Waals surface area contributed by atoms with E-state index in [0.717, 1.165) is 22.2 Å². The van der Waals surface area contributed by atoms with Crippen LogP contribution in [0.25, 0.3) is 11.4 Å². The van der Waals surface area contributed by atoms with Gasteiger partial charge in [0.15, 0.2) is 5.82 Å². The first-order valence-electron chi connectivity index (χ1n) is 7.64. The van der Waals surface area contributed by atoms with E-state index in [1.807, 2.05) is 37.0 Å². The van der Waals surface area contributed by atoms with Gasteiger partial charge in [0, 0.05) is 23.9 Å². The summed E-state index contributed by atoms with van der Waals surface area (Å²) < 4.78 is 0. The molecule has 0 aliphatic heterocycles. The van der Waals surface area contributed by atoms with Gasteiger partial charge >= 0.3 is 0 Å². The van der Waals surface area contributed by atoms with Crippen molar-refractivity contribution < 1.29 is 0 Å². The Kier molecular flexibility index (Phi) is 4.76. The van der Waals surface area contributed by atoms with E-state index in [1.165, 1.54) is 32.1 Å². The normalized spacial score (nSPS) is 15.9. The van der Waals surface area contributed by atoms with Crippen molar-refractivity contribution in [2.45, 2.75) is 42.4 Å². The first-order chi connectivity index (χ1) is 10.3. The quantitative estimate of drug-likeness (QED) is 0.837. The number of thioether (sulfide) groups is 1. The highest BCUT2D eigenvalue weighted by Gasteiger charge is 2.16. The van der Waals surface area contributed by atoms with Gasteiger partial charge in [0.2, 0.25) is 0 Å². The van der Waals surface area contributed by atoms with Crippen LogP contribution in [0.3, 0.4) is 0 Å². The average molecular weight is 299 g/mol. The lowest BCUT2D eigenvalue weighted by Crippen LogP contribution is -2.08. The van der Waals surface area contributed by atoms with Crippen LogP contribution in [0.2, 0.25) is 0 Å². The van der Waals surface area contributed by atoms with Crippen LogP contribution in [0.15, 0.2) is 41.4 Å². The molecule has 3 rings (SSSR count). The Morgan fingerprint density at radius 3 is 2.52 bits per heavy atom. The van der Waals surface area contributed by atoms with Crippen LogP contribution in [-0.4, -0.2) is 22.3 Å². The molecule has 1 aliphatic rings. The zero-order valence-electron chi connectivity index (χ0n) is 12.4. The van der Waals surface area contributed by atoms with E-state index in [-0.39, 0.29) is 0 Å². The molecule has 1 N–H and O–H groups in total. The van der Waals surface area contributed by atoms with Crippen molar-refractivity contribution in [2.24, 2.45) is 0 Å². The number of rotatable bonds is 4. The van der Waals surface area contributed by atoms with Gasteiger partial charge in [0.1, 0.15) is 10.8 Å². The molecule has 110 valence electrons. The number of nitrogens with zero attached hydrogens (tertiary/aromatic N) is 2. The second-order valence-electron chi connectivity index (χ2n) is 5.41. The Hall–Kier alpha value is -1.55. The van der Waals surface area contributed by atoms with Crippen molar-refractivity contribution >= 4 is 17.6 Å². The van der Waals surface area contributed by atoms with Crippen molar-refractivity contribution in [3.8, 4) is 11.4 Å². The molecule has 2 aromatic rings. The lowest BCUT2D eigenvalue weighted by Gasteiger charge is -2.20. The van der Waals surface area contributed by atoms with Gasteiger partial charge in [-0.25, -0.2) is 9.97 Å². The van der Waals surface area contributed by atoms with Crippen LogP contribution < -0.4 is 5.32 Å². The molecule has 4 heteroatoms. The Bertz CT molecular complexity index is 580. The third kappa shape index (κ3) is 3.76. The molecule has 21 heavy (non-hydrogen) atoms. The first-order valence-corrected chi connectivity index (χ1v) is 8.52. The number of nitrogens with one attached hydrogen (secondary N) is 1. The highest BCUT2D eigenvalue weighted by atomic mass is 32.2. The third-order valence-corrected chi connectivity index (χ3v) is 5.09. The molecule has 1 aliphatic carbocycles. The Morgan fingerprint density at radius 2 is 1.81 bits per heavy atom. The number of aromatic nitrogens is 2. The summed E-state index contributed by atoms with van der Waals surface area (Å²) in [6, 6.07) is 12.2.